The van der Waals surface area contributed by atoms with Crippen LogP contribution in [0, 0.1) is 0 Å². The third kappa shape index (κ3) is 5.96. The molecule has 3 rings (SSSR count). The standard InChI is InChI=1S/C19H21ClN2OS2/c20-17-6-1-2-7-18(17)25-14-19(23)21-16-5-3-4-15(12-16)13-22-8-10-24-11-9-22/h1-7,12H,8-11,13-14H2,(H,21,23). The zero-order chi connectivity index (χ0) is 17.5. The number of hydrogen-bond donors (Lipinski definition) is 1. The average molecular weight is 393 g/mol. The molecule has 6 heteroatoms. The fraction of sp³-hybridized carbons (Fsp3) is 0.316. The van der Waals surface area contributed by atoms with Crippen LogP contribution in [0.5, 0.6) is 0 Å². The molecular weight excluding hydrogens is 372 g/mol. The molecule has 0 radical (unpaired) electrons. The van der Waals surface area contributed by atoms with Gasteiger partial charge in [0.05, 0.1) is 10.8 Å². The van der Waals surface area contributed by atoms with Crippen LogP contribution >= 0.6 is 35.1 Å². The van der Waals surface area contributed by atoms with E-state index in [1.807, 2.05) is 48.2 Å². The number of anilines is 1. The Morgan fingerprint density at radius 2 is 1.96 bits per heavy atom. The highest BCUT2D eigenvalue weighted by atomic mass is 35.5. The van der Waals surface area contributed by atoms with Crippen molar-refractivity contribution in [1.29, 1.82) is 0 Å². The Morgan fingerprint density at radius 3 is 2.76 bits per heavy atom. The first-order valence-corrected chi connectivity index (χ1v) is 10.8. The van der Waals surface area contributed by atoms with Gasteiger partial charge in [-0.2, -0.15) is 11.8 Å². The maximum absolute atomic E-state index is 12.2. The van der Waals surface area contributed by atoms with Crippen LogP contribution in [0.4, 0.5) is 5.69 Å². The lowest BCUT2D eigenvalue weighted by Crippen LogP contribution is -2.31. The van der Waals surface area contributed by atoms with Gasteiger partial charge >= 0.3 is 0 Å². The molecule has 3 nitrogen and oxygen atoms in total. The molecule has 1 aliphatic rings. The van der Waals surface area contributed by atoms with Crippen molar-refractivity contribution in [1.82, 2.24) is 4.90 Å². The van der Waals surface area contributed by atoms with Gasteiger partial charge in [0.15, 0.2) is 0 Å². The van der Waals surface area contributed by atoms with E-state index in [1.54, 1.807) is 0 Å². The maximum Gasteiger partial charge on any atom is 0.234 e. The lowest BCUT2D eigenvalue weighted by molar-refractivity contribution is -0.113. The fourth-order valence-electron chi connectivity index (χ4n) is 2.67. The van der Waals surface area contributed by atoms with E-state index in [0.29, 0.717) is 10.8 Å². The van der Waals surface area contributed by atoms with Gasteiger partial charge in [-0.05, 0) is 29.8 Å². The van der Waals surface area contributed by atoms with Crippen LogP contribution < -0.4 is 5.32 Å². The van der Waals surface area contributed by atoms with Crippen LogP contribution in [-0.4, -0.2) is 41.2 Å². The van der Waals surface area contributed by atoms with Gasteiger partial charge in [0.2, 0.25) is 5.91 Å². The van der Waals surface area contributed by atoms with Crippen molar-refractivity contribution in [3.63, 3.8) is 0 Å². The molecule has 0 unspecified atom stereocenters. The molecule has 0 aromatic heterocycles. The van der Waals surface area contributed by atoms with E-state index in [0.717, 1.165) is 30.2 Å². The van der Waals surface area contributed by atoms with Gasteiger partial charge in [0, 0.05) is 41.7 Å². The van der Waals surface area contributed by atoms with Gasteiger partial charge in [0.25, 0.3) is 0 Å². The Kier molecular flexibility index (Phi) is 7.11. The first kappa shape index (κ1) is 18.6. The molecule has 0 atom stereocenters. The molecule has 2 aromatic carbocycles. The van der Waals surface area contributed by atoms with Gasteiger partial charge in [-0.3, -0.25) is 9.69 Å². The molecule has 1 amide bonds. The number of rotatable bonds is 6. The minimum absolute atomic E-state index is 0.0172. The molecule has 1 N–H and O–H groups in total. The normalized spacial score (nSPS) is 15.1. The second-order valence-corrected chi connectivity index (χ2v) is 8.51. The van der Waals surface area contributed by atoms with E-state index in [4.69, 9.17) is 11.6 Å². The summed E-state index contributed by atoms with van der Waals surface area (Å²) in [5.41, 5.74) is 2.09. The minimum Gasteiger partial charge on any atom is -0.325 e. The van der Waals surface area contributed by atoms with E-state index >= 15 is 0 Å². The van der Waals surface area contributed by atoms with Crippen LogP contribution in [0.2, 0.25) is 5.02 Å². The van der Waals surface area contributed by atoms with E-state index in [2.05, 4.69) is 22.3 Å². The average Bonchev–Trinajstić information content (AvgIpc) is 2.62. The Hall–Kier alpha value is -1.14. The predicted molar refractivity (Wildman–Crippen MR) is 110 cm³/mol. The highest BCUT2D eigenvalue weighted by molar-refractivity contribution is 8.00. The third-order valence-corrected chi connectivity index (χ3v) is 6.37. The molecule has 25 heavy (non-hydrogen) atoms. The third-order valence-electron chi connectivity index (χ3n) is 3.92. The van der Waals surface area contributed by atoms with Crippen LogP contribution in [0.25, 0.3) is 0 Å². The number of halogens is 1. The highest BCUT2D eigenvalue weighted by Crippen LogP contribution is 2.26. The largest absolute Gasteiger partial charge is 0.325 e. The van der Waals surface area contributed by atoms with Crippen molar-refractivity contribution in [2.24, 2.45) is 0 Å². The summed E-state index contributed by atoms with van der Waals surface area (Å²) in [6, 6.07) is 15.7. The number of benzene rings is 2. The van der Waals surface area contributed by atoms with Crippen molar-refractivity contribution in [2.75, 3.05) is 35.7 Å². The molecule has 1 fully saturated rings. The lowest BCUT2D eigenvalue weighted by atomic mass is 10.2. The summed E-state index contributed by atoms with van der Waals surface area (Å²) < 4.78 is 0. The fourth-order valence-corrected chi connectivity index (χ4v) is 4.68. The number of hydrogen-bond acceptors (Lipinski definition) is 4. The van der Waals surface area contributed by atoms with E-state index in [-0.39, 0.29) is 5.91 Å². The Morgan fingerprint density at radius 1 is 1.16 bits per heavy atom. The molecule has 1 heterocycles. The zero-order valence-electron chi connectivity index (χ0n) is 13.9. The Balaban J connectivity index is 1.52. The molecule has 132 valence electrons. The molecule has 0 saturated carbocycles. The summed E-state index contributed by atoms with van der Waals surface area (Å²) in [5.74, 6) is 2.74. The monoisotopic (exact) mass is 392 g/mol. The second-order valence-electron chi connectivity index (χ2n) is 5.86. The summed E-state index contributed by atoms with van der Waals surface area (Å²) in [7, 11) is 0. The number of carbonyl (C=O) groups is 1. The van der Waals surface area contributed by atoms with Crippen molar-refractivity contribution in [2.45, 2.75) is 11.4 Å². The number of carbonyl (C=O) groups excluding carboxylic acids is 1. The number of nitrogens with one attached hydrogen (secondary N) is 1. The Labute approximate surface area is 162 Å². The van der Waals surface area contributed by atoms with Gasteiger partial charge < -0.3 is 5.32 Å². The van der Waals surface area contributed by atoms with Crippen molar-refractivity contribution < 1.29 is 4.79 Å². The summed E-state index contributed by atoms with van der Waals surface area (Å²) in [6.07, 6.45) is 0. The van der Waals surface area contributed by atoms with E-state index in [1.165, 1.54) is 28.8 Å². The van der Waals surface area contributed by atoms with Gasteiger partial charge in [-0.1, -0.05) is 35.9 Å². The van der Waals surface area contributed by atoms with Gasteiger partial charge in [-0.25, -0.2) is 0 Å². The lowest BCUT2D eigenvalue weighted by Gasteiger charge is -2.26. The Bertz CT molecular complexity index is 720. The van der Waals surface area contributed by atoms with E-state index in [9.17, 15) is 4.79 Å². The van der Waals surface area contributed by atoms with Crippen LogP contribution in [0.1, 0.15) is 5.56 Å². The molecule has 0 aliphatic carbocycles. The summed E-state index contributed by atoms with van der Waals surface area (Å²) >= 11 is 9.59. The van der Waals surface area contributed by atoms with Gasteiger partial charge in [0.1, 0.15) is 0 Å². The maximum atomic E-state index is 12.2. The van der Waals surface area contributed by atoms with Crippen molar-refractivity contribution in [3.8, 4) is 0 Å². The van der Waals surface area contributed by atoms with Crippen LogP contribution in [0.3, 0.4) is 0 Å². The minimum atomic E-state index is -0.0172. The smallest absolute Gasteiger partial charge is 0.234 e. The highest BCUT2D eigenvalue weighted by Gasteiger charge is 2.11. The summed E-state index contributed by atoms with van der Waals surface area (Å²) in [4.78, 5) is 15.6. The summed E-state index contributed by atoms with van der Waals surface area (Å²) in [6.45, 7) is 3.21. The molecule has 0 spiro atoms. The van der Waals surface area contributed by atoms with Crippen molar-refractivity contribution in [3.05, 3.63) is 59.1 Å². The topological polar surface area (TPSA) is 32.3 Å². The quantitative estimate of drug-likeness (QED) is 0.727. The summed E-state index contributed by atoms with van der Waals surface area (Å²) in [5, 5.41) is 3.67. The molecule has 0 bridgehead atoms. The number of nitrogens with zero attached hydrogens (tertiary/aromatic N) is 1. The van der Waals surface area contributed by atoms with Gasteiger partial charge in [-0.15, -0.1) is 11.8 Å². The van der Waals surface area contributed by atoms with E-state index < -0.39 is 0 Å². The molecular formula is C19H21ClN2OS2. The predicted octanol–water partition coefficient (Wildman–Crippen LogP) is 4.62. The molecule has 1 saturated heterocycles. The SMILES string of the molecule is O=C(CSc1ccccc1Cl)Nc1cccc(CN2CCSCC2)c1. The molecule has 2 aromatic rings. The number of amides is 1. The first-order valence-electron chi connectivity index (χ1n) is 8.27. The first-order chi connectivity index (χ1) is 12.2. The van der Waals surface area contributed by atoms with Crippen molar-refractivity contribution >= 4 is 46.7 Å². The van der Waals surface area contributed by atoms with Crippen LogP contribution in [0.15, 0.2) is 53.4 Å². The second kappa shape index (κ2) is 9.53. The molecule has 1 aliphatic heterocycles. The number of thioether (sulfide) groups is 2. The zero-order valence-corrected chi connectivity index (χ0v) is 16.3. The van der Waals surface area contributed by atoms with Crippen LogP contribution in [-0.2, 0) is 11.3 Å².